The minimum absolute atomic E-state index is 0.0278. The van der Waals surface area contributed by atoms with E-state index in [4.69, 9.17) is 9.15 Å². The van der Waals surface area contributed by atoms with Crippen LogP contribution in [0.3, 0.4) is 0 Å². The maximum Gasteiger partial charge on any atom is 0.291 e. The standard InChI is InChI=1S/C34H25FN2O5/c1-41-24-16-12-21(13-17-24)18-19-37-32(39)31-29(30(38)25-6-2-5-9-28(25)42-31)34(37)26-7-3-4-8-27(26)36(33(34)40)20-22-10-14-23(35)15-11-22/h2-17H,18-20H2,1H3. The Kier molecular flexibility index (Phi) is 5.93. The molecule has 1 unspecified atom stereocenters. The second-order valence-electron chi connectivity index (χ2n) is 10.4. The Hall–Kier alpha value is -5.24. The Morgan fingerprint density at radius 2 is 1.52 bits per heavy atom. The molecule has 208 valence electrons. The lowest BCUT2D eigenvalue weighted by Crippen LogP contribution is -2.53. The third kappa shape index (κ3) is 3.68. The summed E-state index contributed by atoms with van der Waals surface area (Å²) in [6.45, 7) is 0.280. The number of halogens is 1. The van der Waals surface area contributed by atoms with Crippen LogP contribution >= 0.6 is 0 Å². The van der Waals surface area contributed by atoms with Crippen LogP contribution in [-0.2, 0) is 23.3 Å². The molecule has 0 fully saturated rings. The third-order valence-corrected chi connectivity index (χ3v) is 8.18. The molecule has 7 rings (SSSR count). The van der Waals surface area contributed by atoms with E-state index in [0.717, 1.165) is 5.56 Å². The molecule has 0 radical (unpaired) electrons. The van der Waals surface area contributed by atoms with Crippen LogP contribution < -0.4 is 15.1 Å². The Morgan fingerprint density at radius 1 is 0.833 bits per heavy atom. The molecule has 4 aromatic carbocycles. The number of para-hydroxylation sites is 2. The lowest BCUT2D eigenvalue weighted by atomic mass is 9.83. The van der Waals surface area contributed by atoms with Crippen molar-refractivity contribution in [1.29, 1.82) is 0 Å². The van der Waals surface area contributed by atoms with Gasteiger partial charge >= 0.3 is 0 Å². The SMILES string of the molecule is COc1ccc(CCN2C(=O)c3oc4ccccc4c(=O)c3C23C(=O)N(Cc2ccc(F)cc2)c2ccccc23)cc1. The van der Waals surface area contributed by atoms with Gasteiger partial charge in [-0.25, -0.2) is 4.39 Å². The molecular weight excluding hydrogens is 535 g/mol. The van der Waals surface area contributed by atoms with E-state index < -0.39 is 22.8 Å². The number of benzene rings is 4. The molecule has 0 N–H and O–H groups in total. The Morgan fingerprint density at radius 3 is 2.29 bits per heavy atom. The first-order chi connectivity index (χ1) is 20.4. The number of fused-ring (bicyclic) bond motifs is 5. The summed E-state index contributed by atoms with van der Waals surface area (Å²) in [6.07, 6.45) is 0.423. The molecule has 8 heteroatoms. The molecule has 2 aliphatic rings. The van der Waals surface area contributed by atoms with Crippen molar-refractivity contribution >= 4 is 28.5 Å². The summed E-state index contributed by atoms with van der Waals surface area (Å²) in [4.78, 5) is 46.3. The summed E-state index contributed by atoms with van der Waals surface area (Å²) < 4.78 is 25.1. The predicted octanol–water partition coefficient (Wildman–Crippen LogP) is 5.43. The van der Waals surface area contributed by atoms with Gasteiger partial charge in [-0.2, -0.15) is 0 Å². The van der Waals surface area contributed by atoms with Gasteiger partial charge in [-0.15, -0.1) is 0 Å². The highest BCUT2D eigenvalue weighted by Crippen LogP contribution is 2.52. The first-order valence-corrected chi connectivity index (χ1v) is 13.6. The summed E-state index contributed by atoms with van der Waals surface area (Å²) in [7, 11) is 1.59. The number of hydrogen-bond donors (Lipinski definition) is 0. The van der Waals surface area contributed by atoms with Gasteiger partial charge in [0.15, 0.2) is 11.0 Å². The van der Waals surface area contributed by atoms with Crippen molar-refractivity contribution in [1.82, 2.24) is 4.90 Å². The minimum atomic E-state index is -1.72. The Labute approximate surface area is 240 Å². The van der Waals surface area contributed by atoms with Gasteiger partial charge in [0.05, 0.1) is 30.3 Å². The lowest BCUT2D eigenvalue weighted by molar-refractivity contribution is -0.126. The van der Waals surface area contributed by atoms with E-state index in [2.05, 4.69) is 0 Å². The average Bonchev–Trinajstić information content (AvgIpc) is 3.41. The van der Waals surface area contributed by atoms with E-state index in [1.54, 1.807) is 66.6 Å². The number of rotatable bonds is 6. The Bertz CT molecular complexity index is 1930. The van der Waals surface area contributed by atoms with Crippen LogP contribution in [0.25, 0.3) is 11.0 Å². The van der Waals surface area contributed by atoms with Crippen LogP contribution in [0, 0.1) is 5.82 Å². The van der Waals surface area contributed by atoms with Gasteiger partial charge in [-0.1, -0.05) is 54.6 Å². The van der Waals surface area contributed by atoms with Gasteiger partial charge in [0.1, 0.15) is 17.1 Å². The van der Waals surface area contributed by atoms with Gasteiger partial charge in [0, 0.05) is 12.1 Å². The molecule has 1 atom stereocenters. The largest absolute Gasteiger partial charge is 0.497 e. The number of carbonyl (C=O) groups is 2. The normalized spacial score (nSPS) is 17.3. The number of hydrogen-bond acceptors (Lipinski definition) is 5. The summed E-state index contributed by atoms with van der Waals surface area (Å²) in [5.41, 5.74) is 0.913. The molecule has 5 aromatic rings. The maximum atomic E-state index is 14.8. The quantitative estimate of drug-likeness (QED) is 0.277. The topological polar surface area (TPSA) is 80.1 Å². The van der Waals surface area contributed by atoms with E-state index in [-0.39, 0.29) is 35.8 Å². The number of ether oxygens (including phenoxy) is 1. The van der Waals surface area contributed by atoms with Crippen LogP contribution in [0.15, 0.2) is 106 Å². The molecule has 0 bridgehead atoms. The van der Waals surface area contributed by atoms with Crippen LogP contribution in [0.2, 0.25) is 0 Å². The zero-order valence-corrected chi connectivity index (χ0v) is 22.7. The van der Waals surface area contributed by atoms with Gasteiger partial charge in [-0.05, 0) is 60.0 Å². The second kappa shape index (κ2) is 9.69. The van der Waals surface area contributed by atoms with Crippen LogP contribution in [0.4, 0.5) is 10.1 Å². The first-order valence-electron chi connectivity index (χ1n) is 13.6. The van der Waals surface area contributed by atoms with Crippen LogP contribution in [0.1, 0.15) is 32.8 Å². The number of nitrogens with zero attached hydrogens (tertiary/aromatic N) is 2. The fraction of sp³-hybridized carbons (Fsp3) is 0.147. The Balaban J connectivity index is 1.42. The van der Waals surface area contributed by atoms with Crippen molar-refractivity contribution in [3.05, 3.63) is 141 Å². The van der Waals surface area contributed by atoms with E-state index in [9.17, 15) is 18.8 Å². The highest BCUT2D eigenvalue weighted by atomic mass is 19.1. The van der Waals surface area contributed by atoms with Crippen molar-refractivity contribution < 1.29 is 23.1 Å². The van der Waals surface area contributed by atoms with Crippen LogP contribution in [-0.4, -0.2) is 30.4 Å². The highest BCUT2D eigenvalue weighted by molar-refractivity contribution is 6.17. The molecular formula is C34H25FN2O5. The predicted molar refractivity (Wildman–Crippen MR) is 155 cm³/mol. The van der Waals surface area contributed by atoms with E-state index in [1.807, 2.05) is 30.3 Å². The monoisotopic (exact) mass is 560 g/mol. The van der Waals surface area contributed by atoms with Gasteiger partial charge in [-0.3, -0.25) is 14.4 Å². The molecule has 0 saturated carbocycles. The van der Waals surface area contributed by atoms with E-state index >= 15 is 0 Å². The first kappa shape index (κ1) is 25.7. The van der Waals surface area contributed by atoms with Gasteiger partial charge in [0.2, 0.25) is 5.76 Å². The van der Waals surface area contributed by atoms with E-state index in [1.165, 1.54) is 17.0 Å². The average molecular weight is 561 g/mol. The molecule has 1 aromatic heterocycles. The lowest BCUT2D eigenvalue weighted by Gasteiger charge is -2.34. The molecule has 2 aliphatic heterocycles. The van der Waals surface area contributed by atoms with Crippen molar-refractivity contribution in [2.45, 2.75) is 18.5 Å². The molecule has 0 saturated heterocycles. The molecule has 2 amide bonds. The number of amides is 2. The zero-order chi connectivity index (χ0) is 29.0. The number of anilines is 1. The summed E-state index contributed by atoms with van der Waals surface area (Å²) >= 11 is 0. The number of methoxy groups -OCH3 is 1. The molecule has 0 aliphatic carbocycles. The summed E-state index contributed by atoms with van der Waals surface area (Å²) in [6, 6.07) is 27.3. The molecule has 7 nitrogen and oxygen atoms in total. The van der Waals surface area contributed by atoms with Crippen LogP contribution in [0.5, 0.6) is 5.75 Å². The van der Waals surface area contributed by atoms with Crippen molar-refractivity contribution in [2.75, 3.05) is 18.6 Å². The van der Waals surface area contributed by atoms with Gasteiger partial charge < -0.3 is 19.0 Å². The van der Waals surface area contributed by atoms with Crippen molar-refractivity contribution in [3.63, 3.8) is 0 Å². The smallest absolute Gasteiger partial charge is 0.291 e. The number of carbonyl (C=O) groups excluding carboxylic acids is 2. The fourth-order valence-corrected chi connectivity index (χ4v) is 6.20. The van der Waals surface area contributed by atoms with E-state index in [0.29, 0.717) is 34.4 Å². The third-order valence-electron chi connectivity index (χ3n) is 8.18. The summed E-state index contributed by atoms with van der Waals surface area (Å²) in [5.74, 6) is -0.753. The molecule has 1 spiro atoms. The summed E-state index contributed by atoms with van der Waals surface area (Å²) in [5, 5.41) is 0.294. The molecule has 42 heavy (non-hydrogen) atoms. The second-order valence-corrected chi connectivity index (χ2v) is 10.4. The van der Waals surface area contributed by atoms with Gasteiger partial charge in [0.25, 0.3) is 11.8 Å². The maximum absolute atomic E-state index is 14.8. The molecule has 3 heterocycles. The zero-order valence-electron chi connectivity index (χ0n) is 22.7. The van der Waals surface area contributed by atoms with Crippen molar-refractivity contribution in [3.8, 4) is 5.75 Å². The van der Waals surface area contributed by atoms with Crippen molar-refractivity contribution in [2.24, 2.45) is 0 Å². The fourth-order valence-electron chi connectivity index (χ4n) is 6.20. The minimum Gasteiger partial charge on any atom is -0.497 e. The highest BCUT2D eigenvalue weighted by Gasteiger charge is 2.64.